The molecule has 2 aromatic rings. The fourth-order valence-electron chi connectivity index (χ4n) is 1.72. The number of ether oxygens (including phenoxy) is 2. The Balaban J connectivity index is 1.84. The molecule has 0 unspecified atom stereocenters. The maximum Gasteiger partial charge on any atom is 0.161 e. The van der Waals surface area contributed by atoms with Gasteiger partial charge in [0.25, 0.3) is 0 Å². The van der Waals surface area contributed by atoms with Gasteiger partial charge in [0.05, 0.1) is 13.7 Å². The number of benzene rings is 2. The van der Waals surface area contributed by atoms with Gasteiger partial charge in [0, 0.05) is 16.3 Å². The van der Waals surface area contributed by atoms with Gasteiger partial charge < -0.3 is 15.2 Å². The molecular weight excluding hydrogens is 277 g/mol. The van der Waals surface area contributed by atoms with Crippen molar-refractivity contribution < 1.29 is 13.9 Å². The summed E-state index contributed by atoms with van der Waals surface area (Å²) in [6.45, 7) is 0.501. The molecule has 0 aliphatic rings. The normalized spacial score (nSPS) is 10.3. The highest BCUT2D eigenvalue weighted by Gasteiger charge is 2.03. The lowest BCUT2D eigenvalue weighted by Crippen LogP contribution is -2.01. The minimum atomic E-state index is -0.321. The molecule has 0 amide bonds. The molecule has 0 aliphatic heterocycles. The van der Waals surface area contributed by atoms with Crippen LogP contribution in [0.1, 0.15) is 0 Å². The molecule has 2 rings (SSSR count). The number of hydrogen-bond acceptors (Lipinski definition) is 4. The SMILES string of the molecule is COc1ccccc1OCCSc1cc(N)cc(F)c1. The van der Waals surface area contributed by atoms with Gasteiger partial charge in [-0.15, -0.1) is 11.8 Å². The maximum absolute atomic E-state index is 13.2. The number of methoxy groups -OCH3 is 1. The molecule has 0 spiro atoms. The molecule has 0 saturated heterocycles. The van der Waals surface area contributed by atoms with Crippen molar-refractivity contribution >= 4 is 17.4 Å². The fourth-order valence-corrected chi connectivity index (χ4v) is 2.53. The lowest BCUT2D eigenvalue weighted by atomic mass is 10.3. The van der Waals surface area contributed by atoms with Crippen molar-refractivity contribution in [2.24, 2.45) is 0 Å². The second-order valence-corrected chi connectivity index (χ2v) is 5.24. The molecule has 0 atom stereocenters. The van der Waals surface area contributed by atoms with Gasteiger partial charge in [-0.05, 0) is 30.3 Å². The van der Waals surface area contributed by atoms with Crippen LogP contribution in [-0.4, -0.2) is 19.5 Å². The summed E-state index contributed by atoms with van der Waals surface area (Å²) in [5.41, 5.74) is 6.02. The van der Waals surface area contributed by atoms with Gasteiger partial charge in [0.1, 0.15) is 5.82 Å². The van der Waals surface area contributed by atoms with E-state index < -0.39 is 0 Å². The Morgan fingerprint density at radius 1 is 1.15 bits per heavy atom. The lowest BCUT2D eigenvalue weighted by molar-refractivity contribution is 0.313. The van der Waals surface area contributed by atoms with E-state index in [-0.39, 0.29) is 5.82 Å². The van der Waals surface area contributed by atoms with Crippen molar-refractivity contribution in [1.82, 2.24) is 0 Å². The van der Waals surface area contributed by atoms with Gasteiger partial charge in [-0.3, -0.25) is 0 Å². The second-order valence-electron chi connectivity index (χ2n) is 4.07. The average Bonchev–Trinajstić information content (AvgIpc) is 2.43. The van der Waals surface area contributed by atoms with Gasteiger partial charge in [-0.1, -0.05) is 12.1 Å². The van der Waals surface area contributed by atoms with Crippen LogP contribution in [0.15, 0.2) is 47.4 Å². The highest BCUT2D eigenvalue weighted by molar-refractivity contribution is 7.99. The first-order valence-electron chi connectivity index (χ1n) is 6.14. The summed E-state index contributed by atoms with van der Waals surface area (Å²) in [6.07, 6.45) is 0. The van der Waals surface area contributed by atoms with E-state index in [1.165, 1.54) is 23.9 Å². The summed E-state index contributed by atoms with van der Waals surface area (Å²) >= 11 is 1.50. The molecule has 3 nitrogen and oxygen atoms in total. The summed E-state index contributed by atoms with van der Waals surface area (Å²) in [5.74, 6) is 1.78. The number of para-hydroxylation sites is 2. The Morgan fingerprint density at radius 3 is 2.60 bits per heavy atom. The molecule has 0 fully saturated rings. The quantitative estimate of drug-likeness (QED) is 0.502. The van der Waals surface area contributed by atoms with E-state index in [0.717, 1.165) is 4.90 Å². The number of rotatable bonds is 6. The summed E-state index contributed by atoms with van der Waals surface area (Å²) in [5, 5.41) is 0. The zero-order chi connectivity index (χ0) is 14.4. The monoisotopic (exact) mass is 293 g/mol. The van der Waals surface area contributed by atoms with Gasteiger partial charge in [-0.2, -0.15) is 0 Å². The third kappa shape index (κ3) is 4.06. The molecule has 5 heteroatoms. The number of hydrogen-bond donors (Lipinski definition) is 1. The average molecular weight is 293 g/mol. The Kier molecular flexibility index (Phi) is 5.12. The van der Waals surface area contributed by atoms with Gasteiger partial charge in [0.15, 0.2) is 11.5 Å². The van der Waals surface area contributed by atoms with Crippen LogP contribution in [-0.2, 0) is 0 Å². The van der Waals surface area contributed by atoms with E-state index in [1.807, 2.05) is 24.3 Å². The first kappa shape index (κ1) is 14.5. The van der Waals surface area contributed by atoms with Gasteiger partial charge in [0.2, 0.25) is 0 Å². The van der Waals surface area contributed by atoms with Crippen LogP contribution in [0.25, 0.3) is 0 Å². The van der Waals surface area contributed by atoms with E-state index in [1.54, 1.807) is 13.2 Å². The third-order valence-corrected chi connectivity index (χ3v) is 3.51. The smallest absolute Gasteiger partial charge is 0.161 e. The topological polar surface area (TPSA) is 44.5 Å². The van der Waals surface area contributed by atoms with E-state index >= 15 is 0 Å². The molecule has 0 heterocycles. The fraction of sp³-hybridized carbons (Fsp3) is 0.200. The minimum Gasteiger partial charge on any atom is -0.493 e. The highest BCUT2D eigenvalue weighted by Crippen LogP contribution is 2.27. The first-order valence-corrected chi connectivity index (χ1v) is 7.12. The number of nitrogens with two attached hydrogens (primary N) is 1. The first-order chi connectivity index (χ1) is 9.69. The van der Waals surface area contributed by atoms with Gasteiger partial charge >= 0.3 is 0 Å². The second kappa shape index (κ2) is 7.05. The third-order valence-electron chi connectivity index (χ3n) is 2.57. The van der Waals surface area contributed by atoms with E-state index in [2.05, 4.69) is 0 Å². The van der Waals surface area contributed by atoms with Crippen molar-refractivity contribution in [1.29, 1.82) is 0 Å². The van der Waals surface area contributed by atoms with Crippen molar-refractivity contribution in [2.45, 2.75) is 4.90 Å². The maximum atomic E-state index is 13.2. The molecule has 2 N–H and O–H groups in total. The van der Waals surface area contributed by atoms with Crippen molar-refractivity contribution in [3.05, 3.63) is 48.3 Å². The molecule has 0 bridgehead atoms. The number of thioether (sulfide) groups is 1. The standard InChI is InChI=1S/C15H16FNO2S/c1-18-14-4-2-3-5-15(14)19-6-7-20-13-9-11(16)8-12(17)10-13/h2-5,8-10H,6-7,17H2,1H3. The molecule has 0 aliphatic carbocycles. The zero-order valence-electron chi connectivity index (χ0n) is 11.1. The lowest BCUT2D eigenvalue weighted by Gasteiger charge is -2.10. The Morgan fingerprint density at radius 2 is 1.90 bits per heavy atom. The Bertz CT molecular complexity index is 557. The van der Waals surface area contributed by atoms with E-state index in [4.69, 9.17) is 15.2 Å². The summed E-state index contributed by atoms with van der Waals surface area (Å²) in [4.78, 5) is 0.797. The van der Waals surface area contributed by atoms with E-state index in [0.29, 0.717) is 29.5 Å². The molecule has 0 saturated carbocycles. The van der Waals surface area contributed by atoms with Crippen LogP contribution in [0.4, 0.5) is 10.1 Å². The molecular formula is C15H16FNO2S. The number of halogens is 1. The number of anilines is 1. The predicted molar refractivity (Wildman–Crippen MR) is 80.0 cm³/mol. The molecule has 0 aromatic heterocycles. The Labute approximate surface area is 121 Å². The van der Waals surface area contributed by atoms with Crippen LogP contribution >= 0.6 is 11.8 Å². The molecule has 20 heavy (non-hydrogen) atoms. The predicted octanol–water partition coefficient (Wildman–Crippen LogP) is 3.59. The summed E-state index contributed by atoms with van der Waals surface area (Å²) in [6, 6.07) is 12.0. The van der Waals surface area contributed by atoms with Crippen LogP contribution < -0.4 is 15.2 Å². The molecule has 106 valence electrons. The molecule has 0 radical (unpaired) electrons. The molecule has 2 aromatic carbocycles. The van der Waals surface area contributed by atoms with Gasteiger partial charge in [-0.25, -0.2) is 4.39 Å². The zero-order valence-corrected chi connectivity index (χ0v) is 12.0. The highest BCUT2D eigenvalue weighted by atomic mass is 32.2. The summed E-state index contributed by atoms with van der Waals surface area (Å²) in [7, 11) is 1.60. The largest absolute Gasteiger partial charge is 0.493 e. The van der Waals surface area contributed by atoms with E-state index in [9.17, 15) is 4.39 Å². The van der Waals surface area contributed by atoms with Crippen molar-refractivity contribution in [3.8, 4) is 11.5 Å². The van der Waals surface area contributed by atoms with Crippen LogP contribution in [0.2, 0.25) is 0 Å². The van der Waals surface area contributed by atoms with Crippen molar-refractivity contribution in [2.75, 3.05) is 25.2 Å². The number of nitrogen functional groups attached to an aromatic ring is 1. The minimum absolute atomic E-state index is 0.321. The Hall–Kier alpha value is -1.88. The van der Waals surface area contributed by atoms with Crippen molar-refractivity contribution in [3.63, 3.8) is 0 Å². The summed E-state index contributed by atoms with van der Waals surface area (Å²) < 4.78 is 24.0. The van der Waals surface area contributed by atoms with Crippen LogP contribution in [0.5, 0.6) is 11.5 Å². The van der Waals surface area contributed by atoms with Crippen LogP contribution in [0, 0.1) is 5.82 Å². The van der Waals surface area contributed by atoms with Crippen LogP contribution in [0.3, 0.4) is 0 Å².